The topological polar surface area (TPSA) is 75.0 Å². The summed E-state index contributed by atoms with van der Waals surface area (Å²) in [6.45, 7) is 6.74. The minimum Gasteiger partial charge on any atom is -0.327 e. The Bertz CT molecular complexity index is 420. The first-order valence-electron chi connectivity index (χ1n) is 6.60. The number of aromatic nitrogens is 2. The molecule has 2 heterocycles. The highest BCUT2D eigenvalue weighted by Gasteiger charge is 2.25. The second-order valence-electron chi connectivity index (χ2n) is 5.34. The van der Waals surface area contributed by atoms with E-state index in [4.69, 9.17) is 5.73 Å². The van der Waals surface area contributed by atoms with Gasteiger partial charge in [0.2, 0.25) is 0 Å². The quantitative estimate of drug-likeness (QED) is 0.849. The Morgan fingerprint density at radius 2 is 2.17 bits per heavy atom. The van der Waals surface area contributed by atoms with Gasteiger partial charge in [-0.2, -0.15) is 5.10 Å². The van der Waals surface area contributed by atoms with Crippen LogP contribution in [0.25, 0.3) is 0 Å². The molecule has 1 aromatic heterocycles. The third-order valence-corrected chi connectivity index (χ3v) is 4.57. The van der Waals surface area contributed by atoms with E-state index in [0.29, 0.717) is 12.0 Å². The fourth-order valence-electron chi connectivity index (χ4n) is 2.58. The van der Waals surface area contributed by atoms with Crippen molar-refractivity contribution in [2.45, 2.75) is 45.2 Å². The van der Waals surface area contributed by atoms with E-state index in [1.165, 1.54) is 11.3 Å². The molecule has 0 amide bonds. The Morgan fingerprint density at radius 3 is 2.67 bits per heavy atom. The summed E-state index contributed by atoms with van der Waals surface area (Å²) in [5.41, 5.74) is 6.24. The van der Waals surface area contributed by atoms with Crippen LogP contribution in [0.15, 0.2) is 4.79 Å². The van der Waals surface area contributed by atoms with Crippen LogP contribution in [0.4, 0.5) is 0 Å². The van der Waals surface area contributed by atoms with Gasteiger partial charge in [-0.05, 0) is 45.7 Å². The average molecular weight is 270 g/mol. The molecule has 1 unspecified atom stereocenters. The highest BCUT2D eigenvalue weighted by molar-refractivity contribution is 7.08. The van der Waals surface area contributed by atoms with Crippen LogP contribution in [0, 0.1) is 5.92 Å². The van der Waals surface area contributed by atoms with Crippen molar-refractivity contribution in [3.63, 3.8) is 0 Å². The molecule has 0 saturated carbocycles. The lowest BCUT2D eigenvalue weighted by molar-refractivity contribution is 0.137. The number of nitrogens with zero attached hydrogens (tertiary/aromatic N) is 2. The van der Waals surface area contributed by atoms with Gasteiger partial charge < -0.3 is 10.6 Å². The van der Waals surface area contributed by atoms with Gasteiger partial charge >= 0.3 is 4.87 Å². The summed E-state index contributed by atoms with van der Waals surface area (Å²) >= 11 is 1.17. The largest absolute Gasteiger partial charge is 0.327 e. The number of hydrogen-bond donors (Lipinski definition) is 2. The van der Waals surface area contributed by atoms with Gasteiger partial charge in [-0.15, -0.1) is 0 Å². The second kappa shape index (κ2) is 5.95. The fraction of sp³-hybridized carbons (Fsp3) is 0.833. The highest BCUT2D eigenvalue weighted by Crippen LogP contribution is 2.22. The second-order valence-corrected chi connectivity index (χ2v) is 6.39. The molecule has 1 aliphatic rings. The van der Waals surface area contributed by atoms with Crippen molar-refractivity contribution in [1.82, 2.24) is 15.1 Å². The van der Waals surface area contributed by atoms with Crippen molar-refractivity contribution in [3.05, 3.63) is 14.7 Å². The first kappa shape index (κ1) is 13.7. The smallest absolute Gasteiger partial charge is 0.322 e. The lowest BCUT2D eigenvalue weighted by Crippen LogP contribution is -2.44. The van der Waals surface area contributed by atoms with Gasteiger partial charge in [0.1, 0.15) is 5.01 Å². The van der Waals surface area contributed by atoms with E-state index in [1.54, 1.807) is 0 Å². The molecule has 18 heavy (non-hydrogen) atoms. The first-order chi connectivity index (χ1) is 8.56. The maximum Gasteiger partial charge on any atom is 0.322 e. The fourth-order valence-corrected chi connectivity index (χ4v) is 3.25. The number of rotatable bonds is 4. The van der Waals surface area contributed by atoms with Crippen LogP contribution >= 0.6 is 11.3 Å². The van der Waals surface area contributed by atoms with E-state index in [2.05, 4.69) is 28.9 Å². The van der Waals surface area contributed by atoms with Gasteiger partial charge in [0.25, 0.3) is 0 Å². The minimum absolute atomic E-state index is 0.0909. The summed E-state index contributed by atoms with van der Waals surface area (Å²) in [4.78, 5) is 13.4. The molecule has 6 heteroatoms. The van der Waals surface area contributed by atoms with Gasteiger partial charge in [0, 0.05) is 18.5 Å². The monoisotopic (exact) mass is 270 g/mol. The third kappa shape index (κ3) is 3.40. The number of piperidine rings is 1. The molecule has 1 aromatic rings. The van der Waals surface area contributed by atoms with E-state index in [9.17, 15) is 4.79 Å². The Hall–Kier alpha value is -0.720. The van der Waals surface area contributed by atoms with Crippen molar-refractivity contribution >= 4 is 11.3 Å². The Labute approximate surface area is 111 Å². The van der Waals surface area contributed by atoms with Crippen LogP contribution in [-0.2, 0) is 6.42 Å². The van der Waals surface area contributed by atoms with Crippen LogP contribution in [0.5, 0.6) is 0 Å². The highest BCUT2D eigenvalue weighted by atomic mass is 32.1. The van der Waals surface area contributed by atoms with Gasteiger partial charge in [0.15, 0.2) is 0 Å². The molecule has 5 nitrogen and oxygen atoms in total. The van der Waals surface area contributed by atoms with E-state index in [0.717, 1.165) is 37.4 Å². The summed E-state index contributed by atoms with van der Waals surface area (Å²) < 4.78 is 0. The maximum absolute atomic E-state index is 11.0. The number of aromatic amines is 1. The summed E-state index contributed by atoms with van der Waals surface area (Å²) in [6.07, 6.45) is 3.02. The number of nitrogens with one attached hydrogen (secondary N) is 1. The molecule has 3 N–H and O–H groups in total. The van der Waals surface area contributed by atoms with Gasteiger partial charge in [-0.25, -0.2) is 5.10 Å². The molecule has 102 valence electrons. The van der Waals surface area contributed by atoms with Gasteiger partial charge in [-0.1, -0.05) is 11.3 Å². The molecule has 0 aliphatic carbocycles. The first-order valence-corrected chi connectivity index (χ1v) is 7.42. The Kier molecular flexibility index (Phi) is 4.53. The third-order valence-electron chi connectivity index (χ3n) is 3.80. The van der Waals surface area contributed by atoms with E-state index in [1.807, 2.05) is 0 Å². The molecule has 1 aliphatic heterocycles. The van der Waals surface area contributed by atoms with Crippen LogP contribution in [0.2, 0.25) is 0 Å². The molecule has 1 saturated heterocycles. The SMILES string of the molecule is CC(C)N1CCC(C(N)Cc2n[nH]c(=O)s2)CC1. The Morgan fingerprint density at radius 1 is 1.50 bits per heavy atom. The number of H-pyrrole nitrogens is 1. The summed E-state index contributed by atoms with van der Waals surface area (Å²) in [7, 11) is 0. The number of likely N-dealkylation sites (tertiary alicyclic amines) is 1. The predicted octanol–water partition coefficient (Wildman–Crippen LogP) is 0.822. The van der Waals surface area contributed by atoms with E-state index in [-0.39, 0.29) is 10.9 Å². The van der Waals surface area contributed by atoms with Crippen molar-refractivity contribution in [2.75, 3.05) is 13.1 Å². The Balaban J connectivity index is 1.84. The summed E-state index contributed by atoms with van der Waals surface area (Å²) in [6, 6.07) is 0.747. The summed E-state index contributed by atoms with van der Waals surface area (Å²) in [5, 5.41) is 7.26. The van der Waals surface area contributed by atoms with Crippen LogP contribution in [-0.4, -0.2) is 40.3 Å². The van der Waals surface area contributed by atoms with Crippen LogP contribution in [0.1, 0.15) is 31.7 Å². The predicted molar refractivity (Wildman–Crippen MR) is 73.8 cm³/mol. The van der Waals surface area contributed by atoms with Crippen LogP contribution < -0.4 is 10.6 Å². The standard InChI is InChI=1S/C12H22N4OS/c1-8(2)16-5-3-9(4-6-16)10(13)7-11-14-15-12(17)18-11/h8-10H,3-7,13H2,1-2H3,(H,15,17). The van der Waals surface area contributed by atoms with Gasteiger partial charge in [-0.3, -0.25) is 4.79 Å². The molecule has 0 radical (unpaired) electrons. The molecule has 0 aromatic carbocycles. The van der Waals surface area contributed by atoms with Crippen molar-refractivity contribution in [1.29, 1.82) is 0 Å². The molecule has 0 bridgehead atoms. The molecular formula is C12H22N4OS. The average Bonchev–Trinajstić information content (AvgIpc) is 2.75. The zero-order valence-corrected chi connectivity index (χ0v) is 11.9. The van der Waals surface area contributed by atoms with E-state index < -0.39 is 0 Å². The lowest BCUT2D eigenvalue weighted by atomic mass is 9.88. The molecule has 1 fully saturated rings. The van der Waals surface area contributed by atoms with Crippen molar-refractivity contribution < 1.29 is 0 Å². The van der Waals surface area contributed by atoms with Crippen molar-refractivity contribution in [3.8, 4) is 0 Å². The molecule has 1 atom stereocenters. The van der Waals surface area contributed by atoms with Gasteiger partial charge in [0.05, 0.1) is 0 Å². The normalized spacial score (nSPS) is 20.4. The van der Waals surface area contributed by atoms with E-state index >= 15 is 0 Å². The molecule has 2 rings (SSSR count). The maximum atomic E-state index is 11.0. The zero-order valence-electron chi connectivity index (χ0n) is 11.1. The molecule has 0 spiro atoms. The number of nitrogens with two attached hydrogens (primary N) is 1. The summed E-state index contributed by atoms with van der Waals surface area (Å²) in [5.74, 6) is 0.555. The minimum atomic E-state index is -0.0909. The number of hydrogen-bond acceptors (Lipinski definition) is 5. The van der Waals surface area contributed by atoms with Crippen LogP contribution in [0.3, 0.4) is 0 Å². The van der Waals surface area contributed by atoms with Crippen molar-refractivity contribution in [2.24, 2.45) is 11.7 Å². The molecular weight excluding hydrogens is 248 g/mol. The lowest BCUT2D eigenvalue weighted by Gasteiger charge is -2.36. The zero-order chi connectivity index (χ0) is 13.1.